The third-order valence-electron chi connectivity index (χ3n) is 4.14. The average Bonchev–Trinajstić information content (AvgIpc) is 2.39. The van der Waals surface area contributed by atoms with Gasteiger partial charge in [0.2, 0.25) is 10.0 Å². The van der Waals surface area contributed by atoms with Gasteiger partial charge >= 0.3 is 0 Å². The number of sulfonamides is 1. The van der Waals surface area contributed by atoms with Crippen LogP contribution in [0.15, 0.2) is 0 Å². The lowest BCUT2D eigenvalue weighted by molar-refractivity contribution is 0.338. The van der Waals surface area contributed by atoms with E-state index in [4.69, 9.17) is 0 Å². The molecule has 0 aromatic rings. The molecule has 1 fully saturated rings. The highest BCUT2D eigenvalue weighted by Crippen LogP contribution is 2.19. The highest BCUT2D eigenvalue weighted by molar-refractivity contribution is 7.89. The molecule has 1 rings (SSSR count). The van der Waals surface area contributed by atoms with E-state index in [0.717, 1.165) is 45.2 Å². The summed E-state index contributed by atoms with van der Waals surface area (Å²) in [6.45, 7) is 6.17. The first-order chi connectivity index (χ1) is 8.51. The number of nitrogens with zero attached hydrogens (tertiary/aromatic N) is 1. The van der Waals surface area contributed by atoms with Crippen LogP contribution in [0.1, 0.15) is 46.0 Å². The van der Waals surface area contributed by atoms with Crippen LogP contribution in [0.2, 0.25) is 0 Å². The summed E-state index contributed by atoms with van der Waals surface area (Å²) < 4.78 is 26.1. The number of nitrogens with one attached hydrogen (secondary N) is 1. The van der Waals surface area contributed by atoms with Crippen molar-refractivity contribution in [3.05, 3.63) is 0 Å². The maximum absolute atomic E-state index is 12.2. The van der Waals surface area contributed by atoms with E-state index in [1.165, 1.54) is 0 Å². The van der Waals surface area contributed by atoms with E-state index in [1.54, 1.807) is 11.4 Å². The van der Waals surface area contributed by atoms with Crippen LogP contribution in [-0.2, 0) is 10.0 Å². The third-order valence-corrected chi connectivity index (χ3v) is 6.07. The number of hydrogen-bond donors (Lipinski definition) is 1. The van der Waals surface area contributed by atoms with Crippen LogP contribution in [0.3, 0.4) is 0 Å². The first-order valence-corrected chi connectivity index (χ1v) is 8.78. The second kappa shape index (κ2) is 7.46. The van der Waals surface area contributed by atoms with E-state index in [-0.39, 0.29) is 6.04 Å². The molecule has 1 aliphatic rings. The molecular formula is C13H28N2O2S. The van der Waals surface area contributed by atoms with E-state index in [1.807, 2.05) is 13.8 Å². The van der Waals surface area contributed by atoms with Crippen LogP contribution in [0.4, 0.5) is 0 Å². The summed E-state index contributed by atoms with van der Waals surface area (Å²) in [6.07, 6.45) is 4.82. The molecule has 0 saturated carbocycles. The fourth-order valence-electron chi connectivity index (χ4n) is 2.66. The van der Waals surface area contributed by atoms with Gasteiger partial charge in [-0.25, -0.2) is 12.7 Å². The second-order valence-electron chi connectivity index (χ2n) is 5.28. The Morgan fingerprint density at radius 3 is 2.28 bits per heavy atom. The Morgan fingerprint density at radius 2 is 1.78 bits per heavy atom. The van der Waals surface area contributed by atoms with Crippen LogP contribution < -0.4 is 5.32 Å². The second-order valence-corrected chi connectivity index (χ2v) is 7.43. The summed E-state index contributed by atoms with van der Waals surface area (Å²) in [6, 6.07) is 0.156. The minimum atomic E-state index is -3.07. The largest absolute Gasteiger partial charge is 0.317 e. The molecule has 0 radical (unpaired) electrons. The van der Waals surface area contributed by atoms with E-state index in [0.29, 0.717) is 11.7 Å². The summed E-state index contributed by atoms with van der Waals surface area (Å²) in [5.41, 5.74) is 0. The molecule has 0 atom stereocenters. The maximum Gasteiger partial charge on any atom is 0.214 e. The van der Waals surface area contributed by atoms with Gasteiger partial charge < -0.3 is 5.32 Å². The minimum Gasteiger partial charge on any atom is -0.317 e. The van der Waals surface area contributed by atoms with Crippen molar-refractivity contribution in [2.45, 2.75) is 52.0 Å². The van der Waals surface area contributed by atoms with Crippen LogP contribution in [-0.4, -0.2) is 44.7 Å². The molecule has 0 spiro atoms. The predicted molar refractivity (Wildman–Crippen MR) is 76.1 cm³/mol. The monoisotopic (exact) mass is 276 g/mol. The van der Waals surface area contributed by atoms with Crippen molar-refractivity contribution in [3.8, 4) is 0 Å². The molecule has 0 aliphatic carbocycles. The number of piperidine rings is 1. The van der Waals surface area contributed by atoms with Gasteiger partial charge in [0, 0.05) is 13.1 Å². The maximum atomic E-state index is 12.2. The van der Waals surface area contributed by atoms with Crippen LogP contribution >= 0.6 is 0 Å². The fourth-order valence-corrected chi connectivity index (χ4v) is 4.33. The molecule has 1 heterocycles. The lowest BCUT2D eigenvalue weighted by Crippen LogP contribution is -2.38. The highest BCUT2D eigenvalue weighted by atomic mass is 32.2. The first-order valence-electron chi connectivity index (χ1n) is 7.17. The van der Waals surface area contributed by atoms with Crippen molar-refractivity contribution in [2.75, 3.05) is 25.9 Å². The Bertz CT molecular complexity index is 320. The summed E-state index contributed by atoms with van der Waals surface area (Å²) in [4.78, 5) is 0. The molecule has 0 unspecified atom stereocenters. The molecule has 1 aliphatic heterocycles. The quantitative estimate of drug-likeness (QED) is 0.772. The molecule has 0 amide bonds. The molecule has 0 aromatic heterocycles. The first kappa shape index (κ1) is 15.9. The van der Waals surface area contributed by atoms with Crippen LogP contribution in [0.25, 0.3) is 0 Å². The van der Waals surface area contributed by atoms with Gasteiger partial charge in [-0.3, -0.25) is 0 Å². The fraction of sp³-hybridized carbons (Fsp3) is 1.00. The van der Waals surface area contributed by atoms with Crippen molar-refractivity contribution in [2.24, 2.45) is 5.92 Å². The normalized spacial score (nSPS) is 18.7. The van der Waals surface area contributed by atoms with E-state index in [9.17, 15) is 8.42 Å². The van der Waals surface area contributed by atoms with Crippen molar-refractivity contribution in [3.63, 3.8) is 0 Å². The predicted octanol–water partition coefficient (Wildman–Crippen LogP) is 1.83. The minimum absolute atomic E-state index is 0.156. The van der Waals surface area contributed by atoms with Crippen molar-refractivity contribution in [1.82, 2.24) is 9.62 Å². The summed E-state index contributed by atoms with van der Waals surface area (Å²) in [7, 11) is -1.34. The van der Waals surface area contributed by atoms with Crippen molar-refractivity contribution >= 4 is 10.0 Å². The Kier molecular flexibility index (Phi) is 6.60. The van der Waals surface area contributed by atoms with Gasteiger partial charge in [0.05, 0.1) is 5.75 Å². The van der Waals surface area contributed by atoms with Gasteiger partial charge in [0.1, 0.15) is 0 Å². The van der Waals surface area contributed by atoms with Crippen LogP contribution in [0, 0.1) is 5.92 Å². The summed E-state index contributed by atoms with van der Waals surface area (Å²) in [5, 5.41) is 3.31. The molecule has 0 bridgehead atoms. The Morgan fingerprint density at radius 1 is 1.22 bits per heavy atom. The summed E-state index contributed by atoms with van der Waals surface area (Å²) >= 11 is 0. The lowest BCUT2D eigenvalue weighted by Gasteiger charge is -2.27. The molecule has 1 N–H and O–H groups in total. The Hall–Kier alpha value is -0.130. The Balaban J connectivity index is 2.47. The van der Waals surface area contributed by atoms with Gasteiger partial charge in [0.15, 0.2) is 0 Å². The smallest absolute Gasteiger partial charge is 0.214 e. The summed E-state index contributed by atoms with van der Waals surface area (Å²) in [5.74, 6) is 0.890. The standard InChI is InChI=1S/C13H28N2O2S/c1-4-13(5-2)15(3)18(16,17)11-8-12-6-9-14-10-7-12/h12-14H,4-11H2,1-3H3. The molecule has 1 saturated heterocycles. The molecule has 4 nitrogen and oxygen atoms in total. The van der Waals surface area contributed by atoms with Gasteiger partial charge in [-0.05, 0) is 51.1 Å². The zero-order valence-electron chi connectivity index (χ0n) is 12.0. The highest BCUT2D eigenvalue weighted by Gasteiger charge is 2.25. The Labute approximate surface area is 112 Å². The molecule has 108 valence electrons. The van der Waals surface area contributed by atoms with E-state index in [2.05, 4.69) is 5.32 Å². The topological polar surface area (TPSA) is 49.4 Å². The van der Waals surface area contributed by atoms with Crippen molar-refractivity contribution < 1.29 is 8.42 Å². The lowest BCUT2D eigenvalue weighted by atomic mass is 9.96. The number of hydrogen-bond acceptors (Lipinski definition) is 3. The van der Waals surface area contributed by atoms with E-state index < -0.39 is 10.0 Å². The van der Waals surface area contributed by atoms with E-state index >= 15 is 0 Å². The molecular weight excluding hydrogens is 248 g/mol. The zero-order valence-corrected chi connectivity index (χ0v) is 12.8. The molecule has 18 heavy (non-hydrogen) atoms. The third kappa shape index (κ3) is 4.52. The SMILES string of the molecule is CCC(CC)N(C)S(=O)(=O)CCC1CCNCC1. The molecule has 0 aromatic carbocycles. The molecule has 5 heteroatoms. The van der Waals surface area contributed by atoms with Gasteiger partial charge in [-0.2, -0.15) is 0 Å². The van der Waals surface area contributed by atoms with Gasteiger partial charge in [-0.1, -0.05) is 13.8 Å². The van der Waals surface area contributed by atoms with Crippen molar-refractivity contribution in [1.29, 1.82) is 0 Å². The van der Waals surface area contributed by atoms with Gasteiger partial charge in [-0.15, -0.1) is 0 Å². The average molecular weight is 276 g/mol. The zero-order chi connectivity index (χ0) is 13.6. The van der Waals surface area contributed by atoms with Gasteiger partial charge in [0.25, 0.3) is 0 Å². The van der Waals surface area contributed by atoms with Crippen LogP contribution in [0.5, 0.6) is 0 Å². The number of rotatable bonds is 7.